The second-order valence-corrected chi connectivity index (χ2v) is 2.46. The van der Waals surface area contributed by atoms with Gasteiger partial charge in [-0.15, -0.1) is 0 Å². The molecule has 12 heavy (non-hydrogen) atoms. The molecule has 74 valence electrons. The predicted octanol–water partition coefficient (Wildman–Crippen LogP) is -0.0326. The number of hydrogen-bond donors (Lipinski definition) is 2. The monoisotopic (exact) mass is 177 g/mol. The van der Waals surface area contributed by atoms with Gasteiger partial charge in [0.1, 0.15) is 6.23 Å². The van der Waals surface area contributed by atoms with Crippen LogP contribution in [0.4, 0.5) is 0 Å². The zero-order valence-electron chi connectivity index (χ0n) is 7.88. The molecule has 0 spiro atoms. The maximum atomic E-state index is 8.44. The van der Waals surface area contributed by atoms with Crippen LogP contribution >= 0.6 is 0 Å². The Labute approximate surface area is 73.9 Å². The standard InChI is InChI=1S/C4H11NO.C4H8O2/c1-3-5-4(2)6;1-2-6-4-3-5-1/h4-6H,3H2,1-2H3;1-4H2. The average Bonchev–Trinajstić information content (AvgIpc) is 2.08. The van der Waals surface area contributed by atoms with Crippen LogP contribution in [0.15, 0.2) is 0 Å². The molecular formula is C8H19NO3. The summed E-state index contributed by atoms with van der Waals surface area (Å²) >= 11 is 0. The number of rotatable bonds is 2. The van der Waals surface area contributed by atoms with Crippen LogP contribution in [0.25, 0.3) is 0 Å². The molecule has 1 rings (SSSR count). The molecule has 0 bridgehead atoms. The molecule has 1 saturated heterocycles. The first-order valence-corrected chi connectivity index (χ1v) is 4.34. The Bertz CT molecular complexity index is 72.9. The molecule has 1 aliphatic rings. The fourth-order valence-corrected chi connectivity index (χ4v) is 0.735. The van der Waals surface area contributed by atoms with Crippen LogP contribution in [-0.4, -0.2) is 44.3 Å². The van der Waals surface area contributed by atoms with Gasteiger partial charge in [-0.1, -0.05) is 6.92 Å². The summed E-state index contributed by atoms with van der Waals surface area (Å²) in [7, 11) is 0. The third-order valence-corrected chi connectivity index (χ3v) is 1.24. The van der Waals surface area contributed by atoms with Crippen molar-refractivity contribution in [2.45, 2.75) is 20.1 Å². The molecule has 1 fully saturated rings. The Morgan fingerprint density at radius 2 is 1.67 bits per heavy atom. The van der Waals surface area contributed by atoms with Crippen LogP contribution in [0, 0.1) is 0 Å². The first-order valence-electron chi connectivity index (χ1n) is 4.34. The molecule has 0 amide bonds. The highest BCUT2D eigenvalue weighted by Gasteiger charge is 1.94. The van der Waals surface area contributed by atoms with Gasteiger partial charge in [-0.25, -0.2) is 0 Å². The van der Waals surface area contributed by atoms with Crippen molar-refractivity contribution in [1.29, 1.82) is 0 Å². The molecule has 1 unspecified atom stereocenters. The Balaban J connectivity index is 0.000000202. The van der Waals surface area contributed by atoms with E-state index in [1.54, 1.807) is 6.92 Å². The molecule has 0 aliphatic carbocycles. The average molecular weight is 177 g/mol. The van der Waals surface area contributed by atoms with Gasteiger partial charge in [-0.2, -0.15) is 0 Å². The van der Waals surface area contributed by atoms with E-state index in [1.807, 2.05) is 6.92 Å². The second-order valence-electron chi connectivity index (χ2n) is 2.46. The molecular weight excluding hydrogens is 158 g/mol. The SMILES string of the molecule is C1COCCO1.CCNC(C)O. The van der Waals surface area contributed by atoms with Crippen molar-refractivity contribution < 1.29 is 14.6 Å². The highest BCUT2D eigenvalue weighted by Crippen LogP contribution is 1.85. The molecule has 1 aliphatic heterocycles. The molecule has 0 aromatic carbocycles. The Hall–Kier alpha value is -0.160. The lowest BCUT2D eigenvalue weighted by molar-refractivity contribution is -0.0334. The van der Waals surface area contributed by atoms with Gasteiger partial charge in [0.2, 0.25) is 0 Å². The van der Waals surface area contributed by atoms with Crippen molar-refractivity contribution in [2.75, 3.05) is 33.0 Å². The first kappa shape index (κ1) is 11.8. The Kier molecular flexibility index (Phi) is 8.81. The van der Waals surface area contributed by atoms with E-state index in [2.05, 4.69) is 5.32 Å². The zero-order valence-corrected chi connectivity index (χ0v) is 7.88. The number of aliphatic hydroxyl groups is 1. The van der Waals surface area contributed by atoms with Crippen LogP contribution in [0.2, 0.25) is 0 Å². The fraction of sp³-hybridized carbons (Fsp3) is 1.00. The van der Waals surface area contributed by atoms with Crippen LogP contribution in [-0.2, 0) is 9.47 Å². The molecule has 4 nitrogen and oxygen atoms in total. The van der Waals surface area contributed by atoms with Gasteiger partial charge in [0.15, 0.2) is 0 Å². The summed E-state index contributed by atoms with van der Waals surface area (Å²) in [4.78, 5) is 0. The number of ether oxygens (including phenoxy) is 2. The van der Waals surface area contributed by atoms with Gasteiger partial charge >= 0.3 is 0 Å². The van der Waals surface area contributed by atoms with Gasteiger partial charge < -0.3 is 14.6 Å². The van der Waals surface area contributed by atoms with E-state index in [-0.39, 0.29) is 6.23 Å². The minimum absolute atomic E-state index is 0.352. The second kappa shape index (κ2) is 8.93. The van der Waals surface area contributed by atoms with E-state index in [4.69, 9.17) is 14.6 Å². The summed E-state index contributed by atoms with van der Waals surface area (Å²) in [5.41, 5.74) is 0. The highest BCUT2D eigenvalue weighted by molar-refractivity contribution is 4.37. The van der Waals surface area contributed by atoms with E-state index in [9.17, 15) is 0 Å². The summed E-state index contributed by atoms with van der Waals surface area (Å²) in [6.45, 7) is 7.59. The minimum atomic E-state index is -0.352. The molecule has 0 saturated carbocycles. The van der Waals surface area contributed by atoms with E-state index >= 15 is 0 Å². The molecule has 4 heteroatoms. The smallest absolute Gasteiger partial charge is 0.102 e. The van der Waals surface area contributed by atoms with Crippen LogP contribution in [0.1, 0.15) is 13.8 Å². The Morgan fingerprint density at radius 1 is 1.25 bits per heavy atom. The minimum Gasteiger partial charge on any atom is -0.379 e. The Morgan fingerprint density at radius 3 is 1.75 bits per heavy atom. The van der Waals surface area contributed by atoms with Gasteiger partial charge in [-0.3, -0.25) is 5.32 Å². The largest absolute Gasteiger partial charge is 0.379 e. The molecule has 2 N–H and O–H groups in total. The van der Waals surface area contributed by atoms with Crippen molar-refractivity contribution in [1.82, 2.24) is 5.32 Å². The number of aliphatic hydroxyl groups excluding tert-OH is 1. The zero-order chi connectivity index (χ0) is 9.23. The van der Waals surface area contributed by atoms with E-state index in [0.29, 0.717) is 0 Å². The predicted molar refractivity (Wildman–Crippen MR) is 47.0 cm³/mol. The molecule has 0 aromatic rings. The lowest BCUT2D eigenvalue weighted by atomic mass is 10.6. The van der Waals surface area contributed by atoms with Gasteiger partial charge in [0, 0.05) is 0 Å². The highest BCUT2D eigenvalue weighted by atomic mass is 16.6. The van der Waals surface area contributed by atoms with Crippen molar-refractivity contribution in [3.63, 3.8) is 0 Å². The van der Waals surface area contributed by atoms with Crippen LogP contribution in [0.3, 0.4) is 0 Å². The maximum Gasteiger partial charge on any atom is 0.102 e. The fourth-order valence-electron chi connectivity index (χ4n) is 0.735. The summed E-state index contributed by atoms with van der Waals surface area (Å²) in [6, 6.07) is 0. The maximum absolute atomic E-state index is 8.44. The summed E-state index contributed by atoms with van der Waals surface area (Å²) in [6.07, 6.45) is -0.352. The first-order chi connectivity index (χ1) is 5.77. The quantitative estimate of drug-likeness (QED) is 0.581. The van der Waals surface area contributed by atoms with Crippen molar-refractivity contribution in [3.8, 4) is 0 Å². The summed E-state index contributed by atoms with van der Waals surface area (Å²) in [5, 5.41) is 11.2. The normalized spacial score (nSPS) is 19.2. The van der Waals surface area contributed by atoms with Crippen LogP contribution < -0.4 is 5.32 Å². The third-order valence-electron chi connectivity index (χ3n) is 1.24. The third kappa shape index (κ3) is 9.84. The van der Waals surface area contributed by atoms with Crippen molar-refractivity contribution in [2.24, 2.45) is 0 Å². The lowest BCUT2D eigenvalue weighted by Crippen LogP contribution is -2.24. The molecule has 1 atom stereocenters. The molecule has 0 radical (unpaired) electrons. The van der Waals surface area contributed by atoms with E-state index in [1.165, 1.54) is 0 Å². The van der Waals surface area contributed by atoms with Crippen molar-refractivity contribution in [3.05, 3.63) is 0 Å². The number of nitrogens with one attached hydrogen (secondary N) is 1. The molecule has 0 aromatic heterocycles. The topological polar surface area (TPSA) is 50.7 Å². The number of hydrogen-bond acceptors (Lipinski definition) is 4. The van der Waals surface area contributed by atoms with E-state index in [0.717, 1.165) is 33.0 Å². The lowest BCUT2D eigenvalue weighted by Gasteiger charge is -2.09. The van der Waals surface area contributed by atoms with Gasteiger partial charge in [-0.05, 0) is 13.5 Å². The summed E-state index contributed by atoms with van der Waals surface area (Å²) in [5.74, 6) is 0. The van der Waals surface area contributed by atoms with E-state index < -0.39 is 0 Å². The van der Waals surface area contributed by atoms with Crippen molar-refractivity contribution >= 4 is 0 Å². The summed E-state index contributed by atoms with van der Waals surface area (Å²) < 4.78 is 9.89. The van der Waals surface area contributed by atoms with Crippen LogP contribution in [0.5, 0.6) is 0 Å². The van der Waals surface area contributed by atoms with Gasteiger partial charge in [0.05, 0.1) is 26.4 Å². The van der Waals surface area contributed by atoms with Gasteiger partial charge in [0.25, 0.3) is 0 Å². The molecule has 1 heterocycles.